The van der Waals surface area contributed by atoms with E-state index < -0.39 is 0 Å². The minimum Gasteiger partial charge on any atom is -0.454 e. The van der Waals surface area contributed by atoms with E-state index in [0.29, 0.717) is 17.2 Å². The van der Waals surface area contributed by atoms with Crippen molar-refractivity contribution in [2.24, 2.45) is 0 Å². The second-order valence-corrected chi connectivity index (χ2v) is 7.04. The van der Waals surface area contributed by atoms with Gasteiger partial charge in [-0.3, -0.25) is 9.78 Å². The molecule has 28 heavy (non-hydrogen) atoms. The van der Waals surface area contributed by atoms with E-state index in [-0.39, 0.29) is 18.5 Å². The molecule has 2 aromatic heterocycles. The number of fused-ring (bicyclic) bond motifs is 1. The molecule has 9 heteroatoms. The molecule has 1 aliphatic rings. The molecule has 3 aromatic rings. The molecule has 0 fully saturated rings. The predicted octanol–water partition coefficient (Wildman–Crippen LogP) is 3.21. The van der Waals surface area contributed by atoms with Gasteiger partial charge in [-0.2, -0.15) is 0 Å². The minimum absolute atomic E-state index is 0.125. The van der Waals surface area contributed by atoms with Crippen molar-refractivity contribution in [1.82, 2.24) is 19.7 Å². The predicted molar refractivity (Wildman–Crippen MR) is 105 cm³/mol. The SMILES string of the molecule is CCCn1c(SCC(=O)Nc2ccc3c(c2)OCO3)nnc1-c1ccncc1. The summed E-state index contributed by atoms with van der Waals surface area (Å²) in [5.41, 5.74) is 1.62. The molecule has 1 aromatic carbocycles. The van der Waals surface area contributed by atoms with Crippen molar-refractivity contribution in [1.29, 1.82) is 0 Å². The highest BCUT2D eigenvalue weighted by Crippen LogP contribution is 2.34. The number of ether oxygens (including phenoxy) is 2. The fourth-order valence-electron chi connectivity index (χ4n) is 2.84. The first-order chi connectivity index (χ1) is 13.7. The first-order valence-corrected chi connectivity index (χ1v) is 9.89. The molecule has 1 amide bonds. The van der Waals surface area contributed by atoms with E-state index in [1.807, 2.05) is 16.7 Å². The Morgan fingerprint density at radius 2 is 2.00 bits per heavy atom. The summed E-state index contributed by atoms with van der Waals surface area (Å²) in [5, 5.41) is 12.2. The maximum atomic E-state index is 12.4. The van der Waals surface area contributed by atoms with Crippen LogP contribution in [0.25, 0.3) is 11.4 Å². The number of rotatable bonds is 7. The van der Waals surface area contributed by atoms with Crippen molar-refractivity contribution in [2.45, 2.75) is 25.0 Å². The molecule has 0 unspecified atom stereocenters. The van der Waals surface area contributed by atoms with E-state index >= 15 is 0 Å². The van der Waals surface area contributed by atoms with Crippen LogP contribution in [0.15, 0.2) is 47.9 Å². The Balaban J connectivity index is 1.43. The molecule has 4 rings (SSSR count). The summed E-state index contributed by atoms with van der Waals surface area (Å²) in [6.07, 6.45) is 4.39. The molecular weight excluding hydrogens is 378 g/mol. The van der Waals surface area contributed by atoms with Crippen molar-refractivity contribution < 1.29 is 14.3 Å². The van der Waals surface area contributed by atoms with Crippen molar-refractivity contribution in [3.63, 3.8) is 0 Å². The highest BCUT2D eigenvalue weighted by Gasteiger charge is 2.17. The fourth-order valence-corrected chi connectivity index (χ4v) is 3.60. The van der Waals surface area contributed by atoms with Crippen LogP contribution in [0.4, 0.5) is 5.69 Å². The van der Waals surface area contributed by atoms with Gasteiger partial charge in [0.25, 0.3) is 0 Å². The van der Waals surface area contributed by atoms with Gasteiger partial charge in [-0.15, -0.1) is 10.2 Å². The second kappa shape index (κ2) is 8.30. The molecule has 0 saturated carbocycles. The number of benzene rings is 1. The van der Waals surface area contributed by atoms with Gasteiger partial charge in [-0.05, 0) is 30.7 Å². The summed E-state index contributed by atoms with van der Waals surface area (Å²) in [6, 6.07) is 9.13. The highest BCUT2D eigenvalue weighted by molar-refractivity contribution is 7.99. The van der Waals surface area contributed by atoms with Crippen molar-refractivity contribution in [3.05, 3.63) is 42.7 Å². The Hall–Kier alpha value is -3.07. The lowest BCUT2D eigenvalue weighted by molar-refractivity contribution is -0.113. The molecule has 0 radical (unpaired) electrons. The summed E-state index contributed by atoms with van der Waals surface area (Å²) in [6.45, 7) is 3.07. The number of thioether (sulfide) groups is 1. The van der Waals surface area contributed by atoms with Gasteiger partial charge in [0.15, 0.2) is 22.5 Å². The van der Waals surface area contributed by atoms with Crippen LogP contribution in [-0.4, -0.2) is 38.2 Å². The number of amides is 1. The van der Waals surface area contributed by atoms with E-state index in [2.05, 4.69) is 27.4 Å². The van der Waals surface area contributed by atoms with E-state index in [4.69, 9.17) is 9.47 Å². The molecule has 0 spiro atoms. The number of carbonyl (C=O) groups is 1. The smallest absolute Gasteiger partial charge is 0.234 e. The topological polar surface area (TPSA) is 91.2 Å². The molecule has 0 aliphatic carbocycles. The van der Waals surface area contributed by atoms with Crippen molar-refractivity contribution >= 4 is 23.4 Å². The second-order valence-electron chi connectivity index (χ2n) is 6.10. The summed E-state index contributed by atoms with van der Waals surface area (Å²) < 4.78 is 12.6. The molecule has 0 bridgehead atoms. The monoisotopic (exact) mass is 397 g/mol. The Labute approximate surface area is 166 Å². The van der Waals surface area contributed by atoms with Gasteiger partial charge >= 0.3 is 0 Å². The lowest BCUT2D eigenvalue weighted by Crippen LogP contribution is -2.14. The largest absolute Gasteiger partial charge is 0.454 e. The minimum atomic E-state index is -0.125. The Morgan fingerprint density at radius 3 is 2.82 bits per heavy atom. The third-order valence-electron chi connectivity index (χ3n) is 4.09. The Morgan fingerprint density at radius 1 is 1.18 bits per heavy atom. The van der Waals surface area contributed by atoms with E-state index in [9.17, 15) is 4.79 Å². The maximum Gasteiger partial charge on any atom is 0.234 e. The zero-order valence-corrected chi connectivity index (χ0v) is 16.1. The average Bonchev–Trinajstić information content (AvgIpc) is 3.34. The Bertz CT molecular complexity index is 977. The van der Waals surface area contributed by atoms with Crippen LogP contribution in [-0.2, 0) is 11.3 Å². The molecule has 1 aliphatic heterocycles. The normalized spacial score (nSPS) is 12.2. The lowest BCUT2D eigenvalue weighted by Gasteiger charge is -2.09. The fraction of sp³-hybridized carbons (Fsp3) is 0.263. The van der Waals surface area contributed by atoms with Gasteiger partial charge in [-0.25, -0.2) is 0 Å². The van der Waals surface area contributed by atoms with Gasteiger partial charge in [0.05, 0.1) is 5.75 Å². The number of carbonyl (C=O) groups excluding carboxylic acids is 1. The lowest BCUT2D eigenvalue weighted by atomic mass is 10.2. The van der Waals surface area contributed by atoms with Crippen LogP contribution in [0.1, 0.15) is 13.3 Å². The number of hydrogen-bond donors (Lipinski definition) is 1. The zero-order valence-electron chi connectivity index (χ0n) is 15.3. The van der Waals surface area contributed by atoms with Crippen LogP contribution < -0.4 is 14.8 Å². The third kappa shape index (κ3) is 3.94. The third-order valence-corrected chi connectivity index (χ3v) is 5.06. The van der Waals surface area contributed by atoms with Crippen LogP contribution in [0.3, 0.4) is 0 Å². The average molecular weight is 397 g/mol. The summed E-state index contributed by atoms with van der Waals surface area (Å²) >= 11 is 1.36. The molecular formula is C19H19N5O3S. The van der Waals surface area contributed by atoms with Crippen LogP contribution in [0, 0.1) is 0 Å². The van der Waals surface area contributed by atoms with E-state index in [0.717, 1.165) is 29.5 Å². The number of nitrogens with zero attached hydrogens (tertiary/aromatic N) is 4. The quantitative estimate of drug-likeness (QED) is 0.612. The van der Waals surface area contributed by atoms with Gasteiger partial charge in [0.2, 0.25) is 12.7 Å². The molecule has 3 heterocycles. The molecule has 8 nitrogen and oxygen atoms in total. The number of aromatic nitrogens is 4. The van der Waals surface area contributed by atoms with Gasteiger partial charge < -0.3 is 19.4 Å². The number of anilines is 1. The zero-order chi connectivity index (χ0) is 19.3. The number of hydrogen-bond acceptors (Lipinski definition) is 7. The van der Waals surface area contributed by atoms with Crippen LogP contribution in [0.5, 0.6) is 11.5 Å². The van der Waals surface area contributed by atoms with E-state index in [1.165, 1.54) is 11.8 Å². The summed E-state index contributed by atoms with van der Waals surface area (Å²) in [5.74, 6) is 2.20. The molecule has 0 saturated heterocycles. The van der Waals surface area contributed by atoms with Gasteiger partial charge in [0.1, 0.15) is 0 Å². The molecule has 1 N–H and O–H groups in total. The van der Waals surface area contributed by atoms with Crippen LogP contribution >= 0.6 is 11.8 Å². The highest BCUT2D eigenvalue weighted by atomic mass is 32.2. The molecule has 0 atom stereocenters. The standard InChI is InChI=1S/C19H19N5O3S/c1-2-9-24-18(13-5-7-20-8-6-13)22-23-19(24)28-11-17(25)21-14-3-4-15-16(10-14)27-12-26-15/h3-8,10H,2,9,11-12H2,1H3,(H,21,25). The number of pyridine rings is 1. The Kier molecular flexibility index (Phi) is 5.43. The maximum absolute atomic E-state index is 12.4. The van der Waals surface area contributed by atoms with Crippen molar-refractivity contribution in [2.75, 3.05) is 17.9 Å². The number of nitrogens with one attached hydrogen (secondary N) is 1. The van der Waals surface area contributed by atoms with Gasteiger partial charge in [-0.1, -0.05) is 18.7 Å². The van der Waals surface area contributed by atoms with Crippen molar-refractivity contribution in [3.8, 4) is 22.9 Å². The first-order valence-electron chi connectivity index (χ1n) is 8.90. The summed E-state index contributed by atoms with van der Waals surface area (Å²) in [7, 11) is 0. The summed E-state index contributed by atoms with van der Waals surface area (Å²) in [4.78, 5) is 16.4. The van der Waals surface area contributed by atoms with Crippen LogP contribution in [0.2, 0.25) is 0 Å². The first kappa shape index (κ1) is 18.3. The van der Waals surface area contributed by atoms with Gasteiger partial charge in [0, 0.05) is 36.3 Å². The van der Waals surface area contributed by atoms with E-state index in [1.54, 1.807) is 30.6 Å². The molecule has 144 valence electrons.